The molecule has 0 amide bonds. The molecule has 0 saturated carbocycles. The van der Waals surface area contributed by atoms with Crippen LogP contribution in [0.5, 0.6) is 6.01 Å². The van der Waals surface area contributed by atoms with Crippen molar-refractivity contribution < 1.29 is 4.74 Å². The number of hydrogen-bond donors (Lipinski definition) is 0. The Morgan fingerprint density at radius 2 is 2.00 bits per heavy atom. The molecule has 6 heteroatoms. The Kier molecular flexibility index (Phi) is 6.12. The van der Waals surface area contributed by atoms with E-state index in [-0.39, 0.29) is 11.3 Å². The van der Waals surface area contributed by atoms with Gasteiger partial charge < -0.3 is 9.64 Å². The molecule has 18 heavy (non-hydrogen) atoms. The topological polar surface area (TPSA) is 51.1 Å². The SMILES string of the molecule is CCCCN(c1nc(Cl)nc(OC)n1)C(C)CC. The molecular formula is C12H21ClN4O. The molecule has 0 aliphatic carbocycles. The van der Waals surface area contributed by atoms with E-state index in [1.807, 2.05) is 0 Å². The highest BCUT2D eigenvalue weighted by molar-refractivity contribution is 6.28. The van der Waals surface area contributed by atoms with Gasteiger partial charge in [-0.05, 0) is 31.4 Å². The fourth-order valence-corrected chi connectivity index (χ4v) is 1.76. The highest BCUT2D eigenvalue weighted by atomic mass is 35.5. The molecule has 5 nitrogen and oxygen atoms in total. The molecule has 0 fully saturated rings. The van der Waals surface area contributed by atoms with E-state index in [4.69, 9.17) is 16.3 Å². The number of halogens is 1. The van der Waals surface area contributed by atoms with E-state index in [1.54, 1.807) is 0 Å². The van der Waals surface area contributed by atoms with Crippen LogP contribution in [0.1, 0.15) is 40.0 Å². The molecule has 1 aromatic heterocycles. The van der Waals surface area contributed by atoms with Crippen molar-refractivity contribution in [3.05, 3.63) is 5.28 Å². The molecule has 1 unspecified atom stereocenters. The van der Waals surface area contributed by atoms with Gasteiger partial charge in [-0.1, -0.05) is 20.3 Å². The third-order valence-electron chi connectivity index (χ3n) is 2.89. The van der Waals surface area contributed by atoms with Crippen LogP contribution < -0.4 is 9.64 Å². The molecule has 0 N–H and O–H groups in total. The molecule has 0 saturated heterocycles. The molecule has 0 spiro atoms. The molecule has 0 aromatic carbocycles. The molecule has 0 bridgehead atoms. The summed E-state index contributed by atoms with van der Waals surface area (Å²) in [5.74, 6) is 0.592. The quantitative estimate of drug-likeness (QED) is 0.764. The smallest absolute Gasteiger partial charge is 0.322 e. The predicted molar refractivity (Wildman–Crippen MR) is 73.4 cm³/mol. The van der Waals surface area contributed by atoms with Gasteiger partial charge in [-0.25, -0.2) is 0 Å². The van der Waals surface area contributed by atoms with Gasteiger partial charge in [0.05, 0.1) is 7.11 Å². The maximum absolute atomic E-state index is 5.89. The highest BCUT2D eigenvalue weighted by Gasteiger charge is 2.17. The zero-order valence-electron chi connectivity index (χ0n) is 11.5. The van der Waals surface area contributed by atoms with Crippen LogP contribution in [0.3, 0.4) is 0 Å². The lowest BCUT2D eigenvalue weighted by atomic mass is 10.2. The minimum Gasteiger partial charge on any atom is -0.467 e. The maximum Gasteiger partial charge on any atom is 0.322 e. The van der Waals surface area contributed by atoms with E-state index in [0.29, 0.717) is 12.0 Å². The van der Waals surface area contributed by atoms with Crippen LogP contribution in [0, 0.1) is 0 Å². The molecule has 0 aliphatic heterocycles. The fourth-order valence-electron chi connectivity index (χ4n) is 1.61. The van der Waals surface area contributed by atoms with E-state index in [1.165, 1.54) is 7.11 Å². The first-order chi connectivity index (χ1) is 8.62. The van der Waals surface area contributed by atoms with E-state index >= 15 is 0 Å². The summed E-state index contributed by atoms with van der Waals surface area (Å²) in [6.07, 6.45) is 3.24. The molecule has 102 valence electrons. The van der Waals surface area contributed by atoms with Crippen LogP contribution >= 0.6 is 11.6 Å². The van der Waals surface area contributed by atoms with E-state index in [9.17, 15) is 0 Å². The Morgan fingerprint density at radius 3 is 2.56 bits per heavy atom. The molecule has 0 radical (unpaired) electrons. The van der Waals surface area contributed by atoms with Gasteiger partial charge in [0.15, 0.2) is 0 Å². The van der Waals surface area contributed by atoms with Crippen LogP contribution in [-0.2, 0) is 0 Å². The fraction of sp³-hybridized carbons (Fsp3) is 0.750. The normalized spacial score (nSPS) is 12.3. The zero-order valence-corrected chi connectivity index (χ0v) is 12.2. The zero-order chi connectivity index (χ0) is 13.5. The molecule has 1 aromatic rings. The van der Waals surface area contributed by atoms with Gasteiger partial charge in [-0.3, -0.25) is 0 Å². The summed E-state index contributed by atoms with van der Waals surface area (Å²) in [7, 11) is 1.52. The van der Waals surface area contributed by atoms with Crippen molar-refractivity contribution in [1.82, 2.24) is 15.0 Å². The van der Waals surface area contributed by atoms with Crippen molar-refractivity contribution in [3.8, 4) is 6.01 Å². The Labute approximate surface area is 114 Å². The second kappa shape index (κ2) is 7.36. The third kappa shape index (κ3) is 3.98. The average molecular weight is 273 g/mol. The number of aromatic nitrogens is 3. The van der Waals surface area contributed by atoms with Crippen LogP contribution in [-0.4, -0.2) is 34.6 Å². The molecule has 0 aliphatic rings. The molecule has 1 heterocycles. The second-order valence-corrected chi connectivity index (χ2v) is 4.53. The van der Waals surface area contributed by atoms with Gasteiger partial charge >= 0.3 is 6.01 Å². The molecule has 1 rings (SSSR count). The summed E-state index contributed by atoms with van der Waals surface area (Å²) in [4.78, 5) is 14.5. The van der Waals surface area contributed by atoms with Crippen LogP contribution in [0.25, 0.3) is 0 Å². The third-order valence-corrected chi connectivity index (χ3v) is 3.06. The average Bonchev–Trinajstić information content (AvgIpc) is 2.38. The van der Waals surface area contributed by atoms with Gasteiger partial charge in [-0.15, -0.1) is 0 Å². The minimum absolute atomic E-state index is 0.168. The lowest BCUT2D eigenvalue weighted by Gasteiger charge is -2.28. The van der Waals surface area contributed by atoms with E-state index < -0.39 is 0 Å². The Bertz CT molecular complexity index is 375. The van der Waals surface area contributed by atoms with Crippen LogP contribution in [0.15, 0.2) is 0 Å². The van der Waals surface area contributed by atoms with E-state index in [0.717, 1.165) is 25.8 Å². The summed E-state index contributed by atoms with van der Waals surface area (Å²) in [5, 5.41) is 0.168. The molecular weight excluding hydrogens is 252 g/mol. The Hall–Kier alpha value is -1.10. The van der Waals surface area contributed by atoms with Gasteiger partial charge in [0, 0.05) is 12.6 Å². The van der Waals surface area contributed by atoms with Crippen molar-refractivity contribution in [3.63, 3.8) is 0 Å². The second-order valence-electron chi connectivity index (χ2n) is 4.20. The monoisotopic (exact) mass is 272 g/mol. The standard InChI is InChI=1S/C12H21ClN4O/c1-5-7-8-17(9(3)6-2)11-14-10(13)15-12(16-11)18-4/h9H,5-8H2,1-4H3. The van der Waals surface area contributed by atoms with Gasteiger partial charge in [-0.2, -0.15) is 15.0 Å². The van der Waals surface area contributed by atoms with Gasteiger partial charge in [0.25, 0.3) is 0 Å². The van der Waals surface area contributed by atoms with Gasteiger partial charge in [0.1, 0.15) is 0 Å². The number of anilines is 1. The first kappa shape index (κ1) is 15.0. The first-order valence-corrected chi connectivity index (χ1v) is 6.72. The lowest BCUT2D eigenvalue weighted by molar-refractivity contribution is 0.377. The van der Waals surface area contributed by atoms with Crippen molar-refractivity contribution >= 4 is 17.5 Å². The van der Waals surface area contributed by atoms with Crippen LogP contribution in [0.2, 0.25) is 5.28 Å². The Balaban J connectivity index is 2.99. The first-order valence-electron chi connectivity index (χ1n) is 6.34. The van der Waals surface area contributed by atoms with Crippen molar-refractivity contribution in [2.45, 2.75) is 46.1 Å². The maximum atomic E-state index is 5.89. The summed E-state index contributed by atoms with van der Waals surface area (Å²) < 4.78 is 5.03. The van der Waals surface area contributed by atoms with Crippen molar-refractivity contribution in [2.24, 2.45) is 0 Å². The van der Waals surface area contributed by atoms with Crippen molar-refractivity contribution in [2.75, 3.05) is 18.6 Å². The minimum atomic E-state index is 0.168. The Morgan fingerprint density at radius 1 is 1.28 bits per heavy atom. The molecule has 1 atom stereocenters. The van der Waals surface area contributed by atoms with E-state index in [2.05, 4.69) is 40.6 Å². The summed E-state index contributed by atoms with van der Waals surface area (Å²) in [5.41, 5.74) is 0. The number of rotatable bonds is 7. The summed E-state index contributed by atoms with van der Waals surface area (Å²) in [6, 6.07) is 0.620. The van der Waals surface area contributed by atoms with Gasteiger partial charge in [0.2, 0.25) is 11.2 Å². The number of methoxy groups -OCH3 is 1. The number of ether oxygens (including phenoxy) is 1. The summed E-state index contributed by atoms with van der Waals surface area (Å²) >= 11 is 5.89. The lowest BCUT2D eigenvalue weighted by Crippen LogP contribution is -2.35. The van der Waals surface area contributed by atoms with Crippen molar-refractivity contribution in [1.29, 1.82) is 0 Å². The number of nitrogens with zero attached hydrogens (tertiary/aromatic N) is 4. The van der Waals surface area contributed by atoms with Crippen LogP contribution in [0.4, 0.5) is 5.95 Å². The highest BCUT2D eigenvalue weighted by Crippen LogP contribution is 2.18. The largest absolute Gasteiger partial charge is 0.467 e. The predicted octanol–water partition coefficient (Wildman–Crippen LogP) is 2.94. The number of hydrogen-bond acceptors (Lipinski definition) is 5. The summed E-state index contributed by atoms with van der Waals surface area (Å²) in [6.45, 7) is 7.37. The number of unbranched alkanes of at least 4 members (excludes halogenated alkanes) is 1.